The lowest BCUT2D eigenvalue weighted by molar-refractivity contribution is -0.116. The Morgan fingerprint density at radius 1 is 1.04 bits per heavy atom. The third kappa shape index (κ3) is 5.17. The van der Waals surface area contributed by atoms with Crippen molar-refractivity contribution in [3.05, 3.63) is 59.7 Å². The van der Waals surface area contributed by atoms with Gasteiger partial charge in [0.1, 0.15) is 5.75 Å². The van der Waals surface area contributed by atoms with Gasteiger partial charge in [0, 0.05) is 17.7 Å². The van der Waals surface area contributed by atoms with Crippen molar-refractivity contribution in [2.45, 2.75) is 19.8 Å². The van der Waals surface area contributed by atoms with Gasteiger partial charge in [0.15, 0.2) is 12.4 Å². The molecule has 6 nitrogen and oxygen atoms in total. The van der Waals surface area contributed by atoms with Crippen LogP contribution in [0.3, 0.4) is 0 Å². The van der Waals surface area contributed by atoms with Gasteiger partial charge in [0.05, 0.1) is 5.56 Å². The third-order valence-corrected chi connectivity index (χ3v) is 3.48. The number of hydrogen-bond donors (Lipinski definition) is 2. The summed E-state index contributed by atoms with van der Waals surface area (Å²) >= 11 is 0. The number of para-hydroxylation sites is 1. The Morgan fingerprint density at radius 3 is 2.36 bits per heavy atom. The maximum Gasteiger partial charge on any atom is 0.252 e. The van der Waals surface area contributed by atoms with Gasteiger partial charge in [-0.25, -0.2) is 0 Å². The number of amides is 2. The molecule has 25 heavy (non-hydrogen) atoms. The lowest BCUT2D eigenvalue weighted by Crippen LogP contribution is -2.16. The van der Waals surface area contributed by atoms with Gasteiger partial charge in [-0.2, -0.15) is 0 Å². The van der Waals surface area contributed by atoms with Gasteiger partial charge in [0.25, 0.3) is 5.91 Å². The molecule has 0 aliphatic rings. The molecule has 2 rings (SSSR count). The molecule has 0 aromatic heterocycles. The zero-order chi connectivity index (χ0) is 18.2. The fourth-order valence-corrected chi connectivity index (χ4v) is 2.21. The standard InChI is InChI=1S/C19H20N2O4/c1-2-5-18(23)21-14-10-8-13(9-11-14)16(22)12-25-17-7-4-3-6-15(17)19(20)24/h3-4,6-11H,2,5,12H2,1H3,(H2,20,24)(H,21,23). The predicted octanol–water partition coefficient (Wildman–Crippen LogP) is 2.79. The number of nitrogens with one attached hydrogen (secondary N) is 1. The summed E-state index contributed by atoms with van der Waals surface area (Å²) in [6.45, 7) is 1.71. The molecule has 0 bridgehead atoms. The molecule has 6 heteroatoms. The van der Waals surface area contributed by atoms with Crippen molar-refractivity contribution in [1.82, 2.24) is 0 Å². The molecule has 3 N–H and O–H groups in total. The largest absolute Gasteiger partial charge is 0.485 e. The Balaban J connectivity index is 1.97. The minimum atomic E-state index is -0.616. The molecule has 2 aromatic carbocycles. The van der Waals surface area contributed by atoms with E-state index in [1.807, 2.05) is 6.92 Å². The van der Waals surface area contributed by atoms with E-state index < -0.39 is 5.91 Å². The molecular weight excluding hydrogens is 320 g/mol. The molecule has 0 saturated carbocycles. The molecule has 130 valence electrons. The van der Waals surface area contributed by atoms with Crippen molar-refractivity contribution in [3.8, 4) is 5.75 Å². The van der Waals surface area contributed by atoms with E-state index in [-0.39, 0.29) is 29.6 Å². The van der Waals surface area contributed by atoms with Crippen LogP contribution >= 0.6 is 0 Å². The molecule has 0 heterocycles. The van der Waals surface area contributed by atoms with Gasteiger partial charge in [-0.3, -0.25) is 14.4 Å². The minimum Gasteiger partial charge on any atom is -0.485 e. The second kappa shape index (κ2) is 8.63. The molecular formula is C19H20N2O4. The molecule has 0 unspecified atom stereocenters. The van der Waals surface area contributed by atoms with Crippen molar-refractivity contribution in [1.29, 1.82) is 0 Å². The highest BCUT2D eigenvalue weighted by atomic mass is 16.5. The Labute approximate surface area is 146 Å². The van der Waals surface area contributed by atoms with Crippen LogP contribution < -0.4 is 15.8 Å². The highest BCUT2D eigenvalue weighted by Crippen LogP contribution is 2.18. The van der Waals surface area contributed by atoms with Crippen LogP contribution in [0.25, 0.3) is 0 Å². The van der Waals surface area contributed by atoms with Crippen LogP contribution in [-0.2, 0) is 4.79 Å². The maximum absolute atomic E-state index is 12.2. The Kier molecular flexibility index (Phi) is 6.28. The van der Waals surface area contributed by atoms with E-state index in [9.17, 15) is 14.4 Å². The number of rotatable bonds is 8. The number of ketones is 1. The number of benzene rings is 2. The number of nitrogens with two attached hydrogens (primary N) is 1. The molecule has 0 aliphatic heterocycles. The van der Waals surface area contributed by atoms with E-state index in [2.05, 4.69) is 5.32 Å². The van der Waals surface area contributed by atoms with Gasteiger partial charge in [-0.1, -0.05) is 19.1 Å². The molecule has 0 spiro atoms. The molecule has 0 aliphatic carbocycles. The monoisotopic (exact) mass is 340 g/mol. The van der Waals surface area contributed by atoms with E-state index in [1.54, 1.807) is 42.5 Å². The average molecular weight is 340 g/mol. The number of primary amides is 1. The van der Waals surface area contributed by atoms with Gasteiger partial charge < -0.3 is 15.8 Å². The summed E-state index contributed by atoms with van der Waals surface area (Å²) in [5.41, 5.74) is 6.58. The molecule has 2 aromatic rings. The lowest BCUT2D eigenvalue weighted by Gasteiger charge is -2.09. The van der Waals surface area contributed by atoms with Gasteiger partial charge in [-0.05, 0) is 42.8 Å². The predicted molar refractivity (Wildman–Crippen MR) is 94.8 cm³/mol. The van der Waals surface area contributed by atoms with Crippen molar-refractivity contribution >= 4 is 23.3 Å². The van der Waals surface area contributed by atoms with Crippen molar-refractivity contribution in [3.63, 3.8) is 0 Å². The number of ether oxygens (including phenoxy) is 1. The Morgan fingerprint density at radius 2 is 1.72 bits per heavy atom. The first kappa shape index (κ1) is 18.2. The highest BCUT2D eigenvalue weighted by Gasteiger charge is 2.12. The quantitative estimate of drug-likeness (QED) is 0.722. The zero-order valence-corrected chi connectivity index (χ0v) is 14.0. The number of carbonyl (C=O) groups excluding carboxylic acids is 3. The fraction of sp³-hybridized carbons (Fsp3) is 0.211. The number of anilines is 1. The first-order valence-electron chi connectivity index (χ1n) is 7.96. The van der Waals surface area contributed by atoms with Crippen LogP contribution in [0.2, 0.25) is 0 Å². The first-order valence-corrected chi connectivity index (χ1v) is 7.96. The van der Waals surface area contributed by atoms with Crippen molar-refractivity contribution in [2.75, 3.05) is 11.9 Å². The van der Waals surface area contributed by atoms with Crippen molar-refractivity contribution in [2.24, 2.45) is 5.73 Å². The van der Waals surface area contributed by atoms with E-state index in [4.69, 9.17) is 10.5 Å². The SMILES string of the molecule is CCCC(=O)Nc1ccc(C(=O)COc2ccccc2C(N)=O)cc1. The molecule has 0 atom stereocenters. The smallest absolute Gasteiger partial charge is 0.252 e. The average Bonchev–Trinajstić information content (AvgIpc) is 2.60. The topological polar surface area (TPSA) is 98.5 Å². The van der Waals surface area contributed by atoms with E-state index in [0.29, 0.717) is 17.7 Å². The summed E-state index contributed by atoms with van der Waals surface area (Å²) in [6.07, 6.45) is 1.22. The summed E-state index contributed by atoms with van der Waals surface area (Å²) in [4.78, 5) is 35.1. The van der Waals surface area contributed by atoms with Gasteiger partial charge in [0.2, 0.25) is 5.91 Å². The summed E-state index contributed by atoms with van der Waals surface area (Å²) in [6, 6.07) is 13.0. The third-order valence-electron chi connectivity index (χ3n) is 3.48. The zero-order valence-electron chi connectivity index (χ0n) is 14.0. The van der Waals surface area contributed by atoms with Crippen LogP contribution in [0.4, 0.5) is 5.69 Å². The maximum atomic E-state index is 12.2. The molecule has 0 saturated heterocycles. The summed E-state index contributed by atoms with van der Waals surface area (Å²) in [7, 11) is 0. The van der Waals surface area contributed by atoms with E-state index >= 15 is 0 Å². The minimum absolute atomic E-state index is 0.0621. The number of Topliss-reactive ketones (excluding diaryl/α,β-unsaturated/α-hetero) is 1. The Hall–Kier alpha value is -3.15. The second-order valence-corrected chi connectivity index (χ2v) is 5.45. The van der Waals surface area contributed by atoms with Crippen molar-refractivity contribution < 1.29 is 19.1 Å². The molecule has 0 radical (unpaired) electrons. The van der Waals surface area contributed by atoms with Gasteiger partial charge >= 0.3 is 0 Å². The van der Waals surface area contributed by atoms with E-state index in [1.165, 1.54) is 6.07 Å². The lowest BCUT2D eigenvalue weighted by atomic mass is 10.1. The van der Waals surface area contributed by atoms with Crippen LogP contribution in [0.15, 0.2) is 48.5 Å². The summed E-state index contributed by atoms with van der Waals surface area (Å²) in [5.74, 6) is -0.652. The summed E-state index contributed by atoms with van der Waals surface area (Å²) < 4.78 is 5.42. The van der Waals surface area contributed by atoms with Crippen LogP contribution in [0, 0.1) is 0 Å². The second-order valence-electron chi connectivity index (χ2n) is 5.45. The van der Waals surface area contributed by atoms with Crippen LogP contribution in [-0.4, -0.2) is 24.2 Å². The number of carbonyl (C=O) groups is 3. The first-order chi connectivity index (χ1) is 12.0. The fourth-order valence-electron chi connectivity index (χ4n) is 2.21. The Bertz CT molecular complexity index is 769. The highest BCUT2D eigenvalue weighted by molar-refractivity contribution is 5.99. The normalized spacial score (nSPS) is 10.1. The van der Waals surface area contributed by atoms with Gasteiger partial charge in [-0.15, -0.1) is 0 Å². The molecule has 0 fully saturated rings. The van der Waals surface area contributed by atoms with E-state index in [0.717, 1.165) is 6.42 Å². The summed E-state index contributed by atoms with van der Waals surface area (Å²) in [5, 5.41) is 2.75. The van der Waals surface area contributed by atoms with Crippen LogP contribution in [0.5, 0.6) is 5.75 Å². The molecule has 2 amide bonds. The van der Waals surface area contributed by atoms with Crippen LogP contribution in [0.1, 0.15) is 40.5 Å². The number of hydrogen-bond acceptors (Lipinski definition) is 4.